The molecule has 25 heavy (non-hydrogen) atoms. The maximum absolute atomic E-state index is 4.62. The monoisotopic (exact) mass is 328 g/mol. The summed E-state index contributed by atoms with van der Waals surface area (Å²) >= 11 is 0. The Balaban J connectivity index is 1.69. The molecule has 6 nitrogen and oxygen atoms in total. The molecule has 0 aliphatic carbocycles. The Kier molecular flexibility index (Phi) is 4.07. The SMILES string of the molecule is c1ccc(NNc2cc(-n3cccn3)nc(-c3ccccc3)n2)cc1. The van der Waals surface area contributed by atoms with Crippen molar-refractivity contribution in [2.75, 3.05) is 10.9 Å². The lowest BCUT2D eigenvalue weighted by atomic mass is 10.2. The highest BCUT2D eigenvalue weighted by Gasteiger charge is 2.08. The highest BCUT2D eigenvalue weighted by molar-refractivity contribution is 5.60. The summed E-state index contributed by atoms with van der Waals surface area (Å²) in [7, 11) is 0. The van der Waals surface area contributed by atoms with Crippen molar-refractivity contribution >= 4 is 11.5 Å². The summed E-state index contributed by atoms with van der Waals surface area (Å²) in [5, 5.41) is 4.26. The third kappa shape index (κ3) is 3.48. The summed E-state index contributed by atoms with van der Waals surface area (Å²) in [4.78, 5) is 9.23. The average Bonchev–Trinajstić information content (AvgIpc) is 3.23. The maximum Gasteiger partial charge on any atom is 0.164 e. The summed E-state index contributed by atoms with van der Waals surface area (Å²) in [5.74, 6) is 1.98. The van der Waals surface area contributed by atoms with Gasteiger partial charge in [-0.1, -0.05) is 48.5 Å². The molecule has 122 valence electrons. The molecule has 6 heteroatoms. The molecule has 2 N–H and O–H groups in total. The minimum Gasteiger partial charge on any atom is -0.300 e. The van der Waals surface area contributed by atoms with Crippen LogP contribution in [0.15, 0.2) is 85.2 Å². The zero-order chi connectivity index (χ0) is 16.9. The molecule has 2 aromatic carbocycles. The first-order chi connectivity index (χ1) is 12.4. The Hall–Kier alpha value is -3.67. The number of benzene rings is 2. The Morgan fingerprint density at radius 1 is 0.760 bits per heavy atom. The van der Waals surface area contributed by atoms with Crippen molar-refractivity contribution in [2.24, 2.45) is 0 Å². The number of hydrazine groups is 1. The molecule has 0 spiro atoms. The summed E-state index contributed by atoms with van der Waals surface area (Å²) < 4.78 is 1.71. The van der Waals surface area contributed by atoms with E-state index in [1.807, 2.05) is 79.0 Å². The number of hydrogen-bond acceptors (Lipinski definition) is 5. The lowest BCUT2D eigenvalue weighted by molar-refractivity contribution is 0.842. The van der Waals surface area contributed by atoms with Gasteiger partial charge in [0.05, 0.1) is 5.69 Å². The average molecular weight is 328 g/mol. The van der Waals surface area contributed by atoms with Gasteiger partial charge in [-0.25, -0.2) is 14.6 Å². The minimum atomic E-state index is 0.631. The Labute approximate surface area is 145 Å². The van der Waals surface area contributed by atoms with E-state index in [4.69, 9.17) is 0 Å². The normalized spacial score (nSPS) is 10.4. The summed E-state index contributed by atoms with van der Waals surface area (Å²) in [5.41, 5.74) is 8.16. The lowest BCUT2D eigenvalue weighted by Crippen LogP contribution is -2.12. The van der Waals surface area contributed by atoms with Gasteiger partial charge >= 0.3 is 0 Å². The summed E-state index contributed by atoms with van der Waals surface area (Å²) in [6.45, 7) is 0. The molecule has 0 unspecified atom stereocenters. The zero-order valence-corrected chi connectivity index (χ0v) is 13.4. The largest absolute Gasteiger partial charge is 0.300 e. The van der Waals surface area contributed by atoms with Crippen LogP contribution in [0.5, 0.6) is 0 Å². The summed E-state index contributed by atoms with van der Waals surface area (Å²) in [6, 6.07) is 23.4. The van der Waals surface area contributed by atoms with Gasteiger partial charge in [0, 0.05) is 24.0 Å². The first-order valence-electron chi connectivity index (χ1n) is 7.90. The van der Waals surface area contributed by atoms with Crippen LogP contribution in [-0.4, -0.2) is 19.7 Å². The van der Waals surface area contributed by atoms with Gasteiger partial charge in [-0.15, -0.1) is 0 Å². The second-order valence-corrected chi connectivity index (χ2v) is 5.37. The van der Waals surface area contributed by atoms with Crippen molar-refractivity contribution in [1.82, 2.24) is 19.7 Å². The fourth-order valence-electron chi connectivity index (χ4n) is 2.39. The van der Waals surface area contributed by atoms with E-state index in [0.29, 0.717) is 17.5 Å². The van der Waals surface area contributed by atoms with E-state index in [0.717, 1.165) is 11.3 Å². The zero-order valence-electron chi connectivity index (χ0n) is 13.4. The van der Waals surface area contributed by atoms with Crippen molar-refractivity contribution in [2.45, 2.75) is 0 Å². The van der Waals surface area contributed by atoms with E-state index in [9.17, 15) is 0 Å². The van der Waals surface area contributed by atoms with Crippen LogP contribution in [-0.2, 0) is 0 Å². The molecule has 0 saturated heterocycles. The maximum atomic E-state index is 4.62. The Morgan fingerprint density at radius 3 is 2.24 bits per heavy atom. The van der Waals surface area contributed by atoms with Crippen LogP contribution in [0, 0.1) is 0 Å². The van der Waals surface area contributed by atoms with E-state index in [1.54, 1.807) is 10.9 Å². The Morgan fingerprint density at radius 2 is 1.52 bits per heavy atom. The van der Waals surface area contributed by atoms with E-state index < -0.39 is 0 Å². The molecular formula is C19H16N6. The molecule has 2 heterocycles. The van der Waals surface area contributed by atoms with Crippen molar-refractivity contribution in [3.63, 3.8) is 0 Å². The molecular weight excluding hydrogens is 312 g/mol. The van der Waals surface area contributed by atoms with E-state index in [2.05, 4.69) is 25.9 Å². The quantitative estimate of drug-likeness (QED) is 0.546. The van der Waals surface area contributed by atoms with E-state index in [1.165, 1.54) is 0 Å². The second-order valence-electron chi connectivity index (χ2n) is 5.37. The van der Waals surface area contributed by atoms with Crippen LogP contribution in [0.1, 0.15) is 0 Å². The van der Waals surface area contributed by atoms with Crippen molar-refractivity contribution < 1.29 is 0 Å². The van der Waals surface area contributed by atoms with Gasteiger partial charge in [0.25, 0.3) is 0 Å². The number of nitrogens with zero attached hydrogens (tertiary/aromatic N) is 4. The smallest absolute Gasteiger partial charge is 0.164 e. The van der Waals surface area contributed by atoms with Gasteiger partial charge < -0.3 is 0 Å². The number of para-hydroxylation sites is 1. The predicted molar refractivity (Wildman–Crippen MR) is 98.3 cm³/mol. The molecule has 0 fully saturated rings. The number of anilines is 2. The van der Waals surface area contributed by atoms with Crippen LogP contribution in [0.4, 0.5) is 11.5 Å². The van der Waals surface area contributed by atoms with E-state index >= 15 is 0 Å². The van der Waals surface area contributed by atoms with Crippen molar-refractivity contribution in [1.29, 1.82) is 0 Å². The van der Waals surface area contributed by atoms with Crippen LogP contribution >= 0.6 is 0 Å². The van der Waals surface area contributed by atoms with E-state index in [-0.39, 0.29) is 0 Å². The lowest BCUT2D eigenvalue weighted by Gasteiger charge is -2.12. The summed E-state index contributed by atoms with van der Waals surface area (Å²) in [6.07, 6.45) is 3.57. The molecule has 0 radical (unpaired) electrons. The topological polar surface area (TPSA) is 67.7 Å². The number of hydrogen-bond donors (Lipinski definition) is 2. The van der Waals surface area contributed by atoms with Gasteiger partial charge in [-0.2, -0.15) is 5.10 Å². The molecule has 0 saturated carbocycles. The predicted octanol–water partition coefficient (Wildman–Crippen LogP) is 3.77. The third-order valence-corrected chi connectivity index (χ3v) is 3.59. The molecule has 2 aromatic heterocycles. The standard InChI is InChI=1S/C19H16N6/c1-3-8-15(9-4-1)19-21-17(24-23-16-10-5-2-6-11-16)14-18(22-19)25-13-7-12-20-25/h1-14,23H,(H,21,22,24). The fourth-order valence-corrected chi connectivity index (χ4v) is 2.39. The minimum absolute atomic E-state index is 0.631. The Bertz CT molecular complexity index is 936. The molecule has 0 aliphatic heterocycles. The van der Waals surface area contributed by atoms with Gasteiger partial charge in [0.15, 0.2) is 17.5 Å². The number of rotatable bonds is 5. The molecule has 0 aliphatic rings. The fraction of sp³-hybridized carbons (Fsp3) is 0. The third-order valence-electron chi connectivity index (χ3n) is 3.59. The molecule has 0 bridgehead atoms. The van der Waals surface area contributed by atoms with Crippen LogP contribution < -0.4 is 10.9 Å². The highest BCUT2D eigenvalue weighted by Crippen LogP contribution is 2.19. The molecule has 4 aromatic rings. The first kappa shape index (κ1) is 14.9. The molecule has 0 atom stereocenters. The molecule has 0 amide bonds. The van der Waals surface area contributed by atoms with Crippen molar-refractivity contribution in [3.8, 4) is 17.2 Å². The second kappa shape index (κ2) is 6.84. The van der Waals surface area contributed by atoms with Crippen LogP contribution in [0.2, 0.25) is 0 Å². The van der Waals surface area contributed by atoms with Crippen LogP contribution in [0.3, 0.4) is 0 Å². The number of aromatic nitrogens is 4. The molecule has 4 rings (SSSR count). The first-order valence-corrected chi connectivity index (χ1v) is 7.90. The van der Waals surface area contributed by atoms with Gasteiger partial charge in [0.2, 0.25) is 0 Å². The van der Waals surface area contributed by atoms with Gasteiger partial charge in [-0.3, -0.25) is 10.9 Å². The van der Waals surface area contributed by atoms with Gasteiger partial charge in [0.1, 0.15) is 0 Å². The highest BCUT2D eigenvalue weighted by atomic mass is 15.4. The van der Waals surface area contributed by atoms with Crippen molar-refractivity contribution in [3.05, 3.63) is 85.2 Å². The van der Waals surface area contributed by atoms with Crippen LogP contribution in [0.25, 0.3) is 17.2 Å². The van der Waals surface area contributed by atoms with Gasteiger partial charge in [-0.05, 0) is 18.2 Å². The number of nitrogens with one attached hydrogen (secondary N) is 2.